The predicted molar refractivity (Wildman–Crippen MR) is 82.3 cm³/mol. The van der Waals surface area contributed by atoms with Gasteiger partial charge in [-0.25, -0.2) is 4.79 Å². The van der Waals surface area contributed by atoms with E-state index in [1.807, 2.05) is 30.5 Å². The van der Waals surface area contributed by atoms with E-state index in [9.17, 15) is 9.90 Å². The molecule has 5 nitrogen and oxygen atoms in total. The van der Waals surface area contributed by atoms with Crippen LogP contribution >= 0.6 is 11.8 Å². The molecule has 110 valence electrons. The molecular formula is C14H21N3O2S. The third-order valence-electron chi connectivity index (χ3n) is 3.36. The molecule has 2 amide bonds. The van der Waals surface area contributed by atoms with E-state index in [0.29, 0.717) is 13.0 Å². The van der Waals surface area contributed by atoms with Crippen LogP contribution in [0, 0.1) is 0 Å². The molecule has 0 aliphatic carbocycles. The summed E-state index contributed by atoms with van der Waals surface area (Å²) in [5.74, 6) is 0. The fraction of sp³-hybridized carbons (Fsp3) is 0.500. The third kappa shape index (κ3) is 4.40. The molecule has 1 saturated heterocycles. The van der Waals surface area contributed by atoms with E-state index in [0.717, 1.165) is 23.5 Å². The zero-order valence-corrected chi connectivity index (χ0v) is 12.4. The van der Waals surface area contributed by atoms with Gasteiger partial charge in [-0.1, -0.05) is 6.07 Å². The van der Waals surface area contributed by atoms with Crippen molar-refractivity contribution in [3.05, 3.63) is 24.3 Å². The van der Waals surface area contributed by atoms with Crippen LogP contribution in [0.1, 0.15) is 12.8 Å². The Bertz CT molecular complexity index is 461. The summed E-state index contributed by atoms with van der Waals surface area (Å²) in [5.41, 5.74) is -0.0837. The smallest absolute Gasteiger partial charge is 0.319 e. The van der Waals surface area contributed by atoms with Gasteiger partial charge >= 0.3 is 6.03 Å². The Morgan fingerprint density at radius 1 is 1.55 bits per heavy atom. The zero-order chi connectivity index (χ0) is 14.4. The second kappa shape index (κ2) is 6.97. The molecule has 1 atom stereocenters. The van der Waals surface area contributed by atoms with Crippen LogP contribution in [0.25, 0.3) is 0 Å². The van der Waals surface area contributed by atoms with E-state index in [1.54, 1.807) is 11.8 Å². The van der Waals surface area contributed by atoms with Crippen molar-refractivity contribution in [2.75, 3.05) is 31.2 Å². The van der Waals surface area contributed by atoms with E-state index >= 15 is 0 Å². The number of aliphatic hydroxyl groups is 1. The highest BCUT2D eigenvalue weighted by atomic mass is 32.2. The molecule has 1 fully saturated rings. The van der Waals surface area contributed by atoms with Crippen molar-refractivity contribution < 1.29 is 9.90 Å². The largest absolute Gasteiger partial charge is 0.387 e. The predicted octanol–water partition coefficient (Wildman–Crippen LogP) is 1.64. The molecule has 6 heteroatoms. The second-order valence-corrected chi connectivity index (χ2v) is 5.92. The lowest BCUT2D eigenvalue weighted by atomic mass is 9.94. The van der Waals surface area contributed by atoms with Crippen LogP contribution < -0.4 is 16.0 Å². The first-order valence-corrected chi connectivity index (χ1v) is 7.96. The number of carbonyl (C=O) groups is 1. The Kier molecular flexibility index (Phi) is 5.28. The zero-order valence-electron chi connectivity index (χ0n) is 11.6. The van der Waals surface area contributed by atoms with E-state index in [-0.39, 0.29) is 12.6 Å². The molecule has 0 saturated carbocycles. The number of anilines is 1. The van der Waals surface area contributed by atoms with E-state index in [2.05, 4.69) is 16.0 Å². The Balaban J connectivity index is 1.82. The minimum Gasteiger partial charge on any atom is -0.387 e. The highest BCUT2D eigenvalue weighted by Gasteiger charge is 2.29. The van der Waals surface area contributed by atoms with Crippen molar-refractivity contribution in [3.8, 4) is 0 Å². The highest BCUT2D eigenvalue weighted by molar-refractivity contribution is 7.98. The molecule has 1 aromatic carbocycles. The summed E-state index contributed by atoms with van der Waals surface area (Å²) >= 11 is 1.63. The average molecular weight is 295 g/mol. The number of β-amino-alcohol motifs (C(OH)–C–C–N with tert-alkyl or cyclic N) is 1. The average Bonchev–Trinajstić information content (AvgIpc) is 2.46. The van der Waals surface area contributed by atoms with Crippen LogP contribution in [0.4, 0.5) is 10.5 Å². The lowest BCUT2D eigenvalue weighted by Gasteiger charge is -2.32. The number of thioether (sulfide) groups is 1. The van der Waals surface area contributed by atoms with Gasteiger partial charge in [-0.05, 0) is 43.8 Å². The van der Waals surface area contributed by atoms with Crippen LogP contribution in [0.5, 0.6) is 0 Å². The third-order valence-corrected chi connectivity index (χ3v) is 4.08. The lowest BCUT2D eigenvalue weighted by molar-refractivity contribution is 0.0198. The molecule has 0 spiro atoms. The topological polar surface area (TPSA) is 73.4 Å². The van der Waals surface area contributed by atoms with Gasteiger partial charge < -0.3 is 21.1 Å². The van der Waals surface area contributed by atoms with Gasteiger partial charge in [0.1, 0.15) is 0 Å². The van der Waals surface area contributed by atoms with Gasteiger partial charge in [-0.3, -0.25) is 0 Å². The van der Waals surface area contributed by atoms with Crippen molar-refractivity contribution >= 4 is 23.5 Å². The minimum atomic E-state index is -0.837. The number of hydrogen-bond acceptors (Lipinski definition) is 4. The van der Waals surface area contributed by atoms with Crippen molar-refractivity contribution in [3.63, 3.8) is 0 Å². The maximum atomic E-state index is 11.8. The molecule has 1 aliphatic rings. The maximum absolute atomic E-state index is 11.8. The number of urea groups is 1. The monoisotopic (exact) mass is 295 g/mol. The molecule has 1 aromatic rings. The summed E-state index contributed by atoms with van der Waals surface area (Å²) in [4.78, 5) is 12.9. The van der Waals surface area contributed by atoms with Crippen molar-refractivity contribution in [2.45, 2.75) is 23.3 Å². The summed E-state index contributed by atoms with van der Waals surface area (Å²) in [5, 5.41) is 18.9. The molecule has 1 heterocycles. The first kappa shape index (κ1) is 15.2. The molecule has 0 aromatic heterocycles. The van der Waals surface area contributed by atoms with Gasteiger partial charge in [0, 0.05) is 23.7 Å². The van der Waals surface area contributed by atoms with Gasteiger partial charge in [0.15, 0.2) is 0 Å². The van der Waals surface area contributed by atoms with Gasteiger partial charge in [0.25, 0.3) is 0 Å². The summed E-state index contributed by atoms with van der Waals surface area (Å²) in [6.07, 6.45) is 3.63. The molecule has 20 heavy (non-hydrogen) atoms. The summed E-state index contributed by atoms with van der Waals surface area (Å²) < 4.78 is 0. The SMILES string of the molecule is CSc1cccc(NC(=O)NC[C@]2(O)CCCNC2)c1. The number of rotatable bonds is 4. The first-order chi connectivity index (χ1) is 9.61. The normalized spacial score (nSPS) is 22.3. The van der Waals surface area contributed by atoms with Crippen LogP contribution in [0.2, 0.25) is 0 Å². The van der Waals surface area contributed by atoms with Crippen LogP contribution in [-0.4, -0.2) is 42.6 Å². The van der Waals surface area contributed by atoms with Crippen molar-refractivity contribution in [2.24, 2.45) is 0 Å². The Labute approximate surface area is 123 Å². The second-order valence-electron chi connectivity index (χ2n) is 5.04. The molecule has 4 N–H and O–H groups in total. The Morgan fingerprint density at radius 2 is 2.40 bits per heavy atom. The van der Waals surface area contributed by atoms with Gasteiger partial charge in [-0.15, -0.1) is 11.8 Å². The Hall–Kier alpha value is -1.24. The highest BCUT2D eigenvalue weighted by Crippen LogP contribution is 2.19. The summed E-state index contributed by atoms with van der Waals surface area (Å²) in [6, 6.07) is 7.36. The molecule has 0 radical (unpaired) electrons. The van der Waals surface area contributed by atoms with Crippen molar-refractivity contribution in [1.29, 1.82) is 0 Å². The summed E-state index contributed by atoms with van der Waals surface area (Å²) in [7, 11) is 0. The number of nitrogens with one attached hydrogen (secondary N) is 3. The summed E-state index contributed by atoms with van der Waals surface area (Å²) in [6.45, 7) is 1.71. The fourth-order valence-corrected chi connectivity index (χ4v) is 2.68. The van der Waals surface area contributed by atoms with E-state index < -0.39 is 5.60 Å². The molecular weight excluding hydrogens is 274 g/mol. The van der Waals surface area contributed by atoms with Gasteiger partial charge in [-0.2, -0.15) is 0 Å². The van der Waals surface area contributed by atoms with Gasteiger partial charge in [0.05, 0.1) is 5.60 Å². The number of piperidine rings is 1. The molecule has 2 rings (SSSR count). The molecule has 1 aliphatic heterocycles. The van der Waals surface area contributed by atoms with Crippen LogP contribution in [0.15, 0.2) is 29.2 Å². The molecule has 0 bridgehead atoms. The Morgan fingerprint density at radius 3 is 3.10 bits per heavy atom. The maximum Gasteiger partial charge on any atom is 0.319 e. The minimum absolute atomic E-state index is 0.258. The standard InChI is InChI=1S/C14H21N3O2S/c1-20-12-5-2-4-11(8-12)17-13(18)16-10-14(19)6-3-7-15-9-14/h2,4-5,8,15,19H,3,6-7,9-10H2,1H3,(H2,16,17,18)/t14-/m0/s1. The number of hydrogen-bond donors (Lipinski definition) is 4. The van der Waals surface area contributed by atoms with E-state index in [4.69, 9.17) is 0 Å². The van der Waals surface area contributed by atoms with Crippen molar-refractivity contribution in [1.82, 2.24) is 10.6 Å². The lowest BCUT2D eigenvalue weighted by Crippen LogP contribution is -2.53. The van der Waals surface area contributed by atoms with Gasteiger partial charge in [0.2, 0.25) is 0 Å². The van der Waals surface area contributed by atoms with Crippen LogP contribution in [0.3, 0.4) is 0 Å². The quantitative estimate of drug-likeness (QED) is 0.637. The number of amides is 2. The molecule has 0 unspecified atom stereocenters. The van der Waals surface area contributed by atoms with Crippen LogP contribution in [-0.2, 0) is 0 Å². The number of benzene rings is 1. The van der Waals surface area contributed by atoms with E-state index in [1.165, 1.54) is 0 Å². The fourth-order valence-electron chi connectivity index (χ4n) is 2.22. The first-order valence-electron chi connectivity index (χ1n) is 6.73. The number of carbonyl (C=O) groups excluding carboxylic acids is 1.